The highest BCUT2D eigenvalue weighted by atomic mass is 32.2. The second kappa shape index (κ2) is 6.70. The van der Waals surface area contributed by atoms with E-state index in [4.69, 9.17) is 5.73 Å². The molecule has 0 saturated heterocycles. The molecule has 0 radical (unpaired) electrons. The van der Waals surface area contributed by atoms with Gasteiger partial charge in [0.15, 0.2) is 0 Å². The maximum absolute atomic E-state index is 6.12. The summed E-state index contributed by atoms with van der Waals surface area (Å²) < 4.78 is 0. The molecule has 1 aliphatic carbocycles. The van der Waals surface area contributed by atoms with E-state index in [1.54, 1.807) is 0 Å². The highest BCUT2D eigenvalue weighted by Gasteiger charge is 2.22. The maximum atomic E-state index is 6.12. The second-order valence-electron chi connectivity index (χ2n) is 4.46. The monoisotopic (exact) mass is 216 g/mol. The van der Waals surface area contributed by atoms with Crippen molar-refractivity contribution in [1.29, 1.82) is 0 Å². The number of thioether (sulfide) groups is 1. The molecule has 0 aromatic carbocycles. The number of rotatable bonds is 5. The highest BCUT2D eigenvalue weighted by Crippen LogP contribution is 2.23. The molecule has 1 saturated carbocycles. The van der Waals surface area contributed by atoms with Crippen LogP contribution >= 0.6 is 11.8 Å². The standard InChI is InChI=1S/C11H24N2S/c1-13(7-8-14-2)9-10-5-3-4-6-11(10)12/h10-11H,3-9,12H2,1-2H3. The van der Waals surface area contributed by atoms with Gasteiger partial charge in [-0.2, -0.15) is 11.8 Å². The van der Waals surface area contributed by atoms with Crippen molar-refractivity contribution >= 4 is 11.8 Å². The fourth-order valence-electron chi connectivity index (χ4n) is 2.20. The van der Waals surface area contributed by atoms with Crippen molar-refractivity contribution in [3.63, 3.8) is 0 Å². The van der Waals surface area contributed by atoms with E-state index in [1.165, 1.54) is 44.5 Å². The summed E-state index contributed by atoms with van der Waals surface area (Å²) in [7, 11) is 2.22. The SMILES string of the molecule is CSCCN(C)CC1CCCCC1N. The average Bonchev–Trinajstić information content (AvgIpc) is 2.18. The first kappa shape index (κ1) is 12.3. The van der Waals surface area contributed by atoms with Gasteiger partial charge in [0, 0.05) is 24.9 Å². The molecule has 1 aliphatic rings. The summed E-state index contributed by atoms with van der Waals surface area (Å²) >= 11 is 1.92. The number of hydrogen-bond acceptors (Lipinski definition) is 3. The molecule has 0 bridgehead atoms. The predicted molar refractivity (Wildman–Crippen MR) is 65.8 cm³/mol. The van der Waals surface area contributed by atoms with Crippen molar-refractivity contribution in [2.75, 3.05) is 32.1 Å². The Morgan fingerprint density at radius 1 is 1.36 bits per heavy atom. The van der Waals surface area contributed by atoms with E-state index in [0.717, 1.165) is 5.92 Å². The van der Waals surface area contributed by atoms with E-state index in [1.807, 2.05) is 11.8 Å². The molecule has 2 unspecified atom stereocenters. The first-order valence-electron chi connectivity index (χ1n) is 5.67. The van der Waals surface area contributed by atoms with Crippen molar-refractivity contribution in [2.45, 2.75) is 31.7 Å². The molecule has 1 rings (SSSR count). The molecule has 84 valence electrons. The van der Waals surface area contributed by atoms with Gasteiger partial charge >= 0.3 is 0 Å². The zero-order valence-electron chi connectivity index (χ0n) is 9.54. The summed E-state index contributed by atoms with van der Waals surface area (Å²) in [6.07, 6.45) is 7.47. The van der Waals surface area contributed by atoms with Crippen molar-refractivity contribution in [3.05, 3.63) is 0 Å². The molecule has 1 fully saturated rings. The van der Waals surface area contributed by atoms with Crippen LogP contribution in [0.3, 0.4) is 0 Å². The van der Waals surface area contributed by atoms with Crippen molar-refractivity contribution in [2.24, 2.45) is 11.7 Å². The lowest BCUT2D eigenvalue weighted by molar-refractivity contribution is 0.218. The van der Waals surface area contributed by atoms with Crippen LogP contribution in [0.1, 0.15) is 25.7 Å². The highest BCUT2D eigenvalue weighted by molar-refractivity contribution is 7.98. The Hall–Kier alpha value is 0.270. The topological polar surface area (TPSA) is 29.3 Å². The fraction of sp³-hybridized carbons (Fsp3) is 1.00. The summed E-state index contributed by atoms with van der Waals surface area (Å²) in [6, 6.07) is 0.459. The van der Waals surface area contributed by atoms with Crippen LogP contribution in [-0.2, 0) is 0 Å². The lowest BCUT2D eigenvalue weighted by Crippen LogP contribution is -2.40. The first-order chi connectivity index (χ1) is 6.74. The molecule has 14 heavy (non-hydrogen) atoms. The van der Waals surface area contributed by atoms with Gasteiger partial charge in [-0.15, -0.1) is 0 Å². The van der Waals surface area contributed by atoms with E-state index >= 15 is 0 Å². The Bertz CT molecular complexity index is 152. The van der Waals surface area contributed by atoms with Crippen LogP contribution in [0.25, 0.3) is 0 Å². The van der Waals surface area contributed by atoms with E-state index < -0.39 is 0 Å². The predicted octanol–water partition coefficient (Wildman–Crippen LogP) is 1.80. The maximum Gasteiger partial charge on any atom is 0.00793 e. The molecule has 0 amide bonds. The number of hydrogen-bond donors (Lipinski definition) is 1. The molecule has 0 heterocycles. The van der Waals surface area contributed by atoms with Crippen LogP contribution in [0.2, 0.25) is 0 Å². The molecule has 2 nitrogen and oxygen atoms in total. The van der Waals surface area contributed by atoms with Gasteiger partial charge in [-0.3, -0.25) is 0 Å². The first-order valence-corrected chi connectivity index (χ1v) is 7.06. The Morgan fingerprint density at radius 2 is 2.07 bits per heavy atom. The molecule has 2 atom stereocenters. The minimum atomic E-state index is 0.459. The Labute approximate surface area is 92.6 Å². The van der Waals surface area contributed by atoms with Gasteiger partial charge < -0.3 is 10.6 Å². The Balaban J connectivity index is 2.20. The van der Waals surface area contributed by atoms with Gasteiger partial charge in [0.25, 0.3) is 0 Å². The van der Waals surface area contributed by atoms with Crippen molar-refractivity contribution in [1.82, 2.24) is 4.90 Å². The lowest BCUT2D eigenvalue weighted by atomic mass is 9.85. The minimum absolute atomic E-state index is 0.459. The lowest BCUT2D eigenvalue weighted by Gasteiger charge is -2.31. The molecule has 0 aliphatic heterocycles. The summed E-state index contributed by atoms with van der Waals surface area (Å²) in [4.78, 5) is 2.44. The molecule has 0 spiro atoms. The van der Waals surface area contributed by atoms with Crippen LogP contribution in [0.5, 0.6) is 0 Å². The Morgan fingerprint density at radius 3 is 2.71 bits per heavy atom. The minimum Gasteiger partial charge on any atom is -0.327 e. The summed E-state index contributed by atoms with van der Waals surface area (Å²) in [5.74, 6) is 1.98. The van der Waals surface area contributed by atoms with E-state index in [2.05, 4.69) is 18.2 Å². The van der Waals surface area contributed by atoms with Crippen molar-refractivity contribution < 1.29 is 0 Å². The van der Waals surface area contributed by atoms with Crippen LogP contribution in [0.4, 0.5) is 0 Å². The zero-order valence-corrected chi connectivity index (χ0v) is 10.4. The molecule has 3 heteroatoms. The van der Waals surface area contributed by atoms with Gasteiger partial charge in [0.2, 0.25) is 0 Å². The number of nitrogens with two attached hydrogens (primary N) is 1. The molecule has 0 aromatic heterocycles. The summed E-state index contributed by atoms with van der Waals surface area (Å²) in [5, 5.41) is 0. The Kier molecular flexibility index (Phi) is 5.90. The summed E-state index contributed by atoms with van der Waals surface area (Å²) in [5.41, 5.74) is 6.12. The number of nitrogens with zero attached hydrogens (tertiary/aromatic N) is 1. The zero-order chi connectivity index (χ0) is 10.4. The van der Waals surface area contributed by atoms with Gasteiger partial charge in [0.05, 0.1) is 0 Å². The van der Waals surface area contributed by atoms with Crippen LogP contribution < -0.4 is 5.73 Å². The van der Waals surface area contributed by atoms with Crippen LogP contribution in [-0.4, -0.2) is 43.1 Å². The fourth-order valence-corrected chi connectivity index (χ4v) is 2.70. The molecular weight excluding hydrogens is 192 g/mol. The molecule has 0 aromatic rings. The van der Waals surface area contributed by atoms with Gasteiger partial charge in [-0.25, -0.2) is 0 Å². The quantitative estimate of drug-likeness (QED) is 0.760. The third-order valence-corrected chi connectivity index (χ3v) is 3.78. The van der Waals surface area contributed by atoms with Gasteiger partial charge in [-0.1, -0.05) is 12.8 Å². The second-order valence-corrected chi connectivity index (χ2v) is 5.45. The third kappa shape index (κ3) is 4.20. The average molecular weight is 216 g/mol. The van der Waals surface area contributed by atoms with Crippen LogP contribution in [0, 0.1) is 5.92 Å². The smallest absolute Gasteiger partial charge is 0.00793 e. The normalized spacial score (nSPS) is 28.3. The van der Waals surface area contributed by atoms with E-state index in [9.17, 15) is 0 Å². The third-order valence-electron chi connectivity index (χ3n) is 3.19. The van der Waals surface area contributed by atoms with E-state index in [-0.39, 0.29) is 0 Å². The molecule has 2 N–H and O–H groups in total. The van der Waals surface area contributed by atoms with E-state index in [0.29, 0.717) is 6.04 Å². The summed E-state index contributed by atoms with van der Waals surface area (Å²) in [6.45, 7) is 2.39. The van der Waals surface area contributed by atoms with Crippen LogP contribution in [0.15, 0.2) is 0 Å². The van der Waals surface area contributed by atoms with Gasteiger partial charge in [0.1, 0.15) is 0 Å². The molecular formula is C11H24N2S. The van der Waals surface area contributed by atoms with Gasteiger partial charge in [-0.05, 0) is 32.1 Å². The van der Waals surface area contributed by atoms with Crippen molar-refractivity contribution in [3.8, 4) is 0 Å². The largest absolute Gasteiger partial charge is 0.327 e.